The van der Waals surface area contributed by atoms with Crippen molar-refractivity contribution in [2.75, 3.05) is 0 Å². The van der Waals surface area contributed by atoms with E-state index in [9.17, 15) is 4.79 Å². The Bertz CT molecular complexity index is 552. The number of carbonyl (C=O) groups excluding carboxylic acids is 1. The molecule has 3 atom stereocenters. The first-order valence-electron chi connectivity index (χ1n) is 7.32. The Balaban J connectivity index is 1.81. The summed E-state index contributed by atoms with van der Waals surface area (Å²) in [7, 11) is 0. The molecule has 0 amide bonds. The molecule has 0 saturated heterocycles. The molecule has 0 aliphatic heterocycles. The van der Waals surface area contributed by atoms with Gasteiger partial charge in [0.1, 0.15) is 6.10 Å². The zero-order valence-electron chi connectivity index (χ0n) is 12.3. The first-order valence-corrected chi connectivity index (χ1v) is 7.69. The van der Waals surface area contributed by atoms with Crippen LogP contribution < -0.4 is 0 Å². The van der Waals surface area contributed by atoms with Crippen molar-refractivity contribution in [2.45, 2.75) is 46.1 Å². The van der Waals surface area contributed by atoms with Gasteiger partial charge in [0.05, 0.1) is 10.6 Å². The van der Waals surface area contributed by atoms with Crippen LogP contribution in [0.1, 0.15) is 50.4 Å². The number of benzene rings is 1. The van der Waals surface area contributed by atoms with Crippen LogP contribution in [-0.2, 0) is 4.74 Å². The van der Waals surface area contributed by atoms with Crippen LogP contribution in [0.15, 0.2) is 24.3 Å². The summed E-state index contributed by atoms with van der Waals surface area (Å²) in [6, 6.07) is 7.09. The fraction of sp³-hybridized carbons (Fsp3) is 0.588. The van der Waals surface area contributed by atoms with Crippen molar-refractivity contribution in [3.05, 3.63) is 34.9 Å². The van der Waals surface area contributed by atoms with Crippen LogP contribution in [0.3, 0.4) is 0 Å². The molecule has 2 nitrogen and oxygen atoms in total. The van der Waals surface area contributed by atoms with E-state index in [0.29, 0.717) is 16.5 Å². The maximum absolute atomic E-state index is 12.3. The van der Waals surface area contributed by atoms with Gasteiger partial charge in [0.2, 0.25) is 0 Å². The predicted octanol–water partition coefficient (Wildman–Crippen LogP) is 4.71. The Morgan fingerprint density at radius 1 is 1.30 bits per heavy atom. The fourth-order valence-corrected chi connectivity index (χ4v) is 4.34. The molecule has 20 heavy (non-hydrogen) atoms. The minimum Gasteiger partial charge on any atom is -0.458 e. The number of carbonyl (C=O) groups is 1. The molecule has 0 spiro atoms. The van der Waals surface area contributed by atoms with Gasteiger partial charge in [-0.1, -0.05) is 44.5 Å². The average Bonchev–Trinajstić information content (AvgIpc) is 2.72. The van der Waals surface area contributed by atoms with Crippen molar-refractivity contribution >= 4 is 17.6 Å². The second-order valence-electron chi connectivity index (χ2n) is 6.98. The third kappa shape index (κ3) is 1.81. The molecule has 108 valence electrons. The van der Waals surface area contributed by atoms with Crippen LogP contribution in [0.4, 0.5) is 0 Å². The van der Waals surface area contributed by atoms with Crippen LogP contribution in [0, 0.1) is 16.7 Å². The Morgan fingerprint density at radius 3 is 2.55 bits per heavy atom. The van der Waals surface area contributed by atoms with Gasteiger partial charge in [-0.25, -0.2) is 4.79 Å². The van der Waals surface area contributed by atoms with Crippen LogP contribution in [0.2, 0.25) is 5.02 Å². The Labute approximate surface area is 125 Å². The maximum Gasteiger partial charge on any atom is 0.339 e. The third-order valence-corrected chi connectivity index (χ3v) is 6.39. The van der Waals surface area contributed by atoms with E-state index in [1.807, 2.05) is 12.1 Å². The van der Waals surface area contributed by atoms with E-state index in [2.05, 4.69) is 20.8 Å². The Morgan fingerprint density at radius 2 is 2.00 bits per heavy atom. The molecule has 0 radical (unpaired) electrons. The van der Waals surface area contributed by atoms with Crippen molar-refractivity contribution < 1.29 is 9.53 Å². The summed E-state index contributed by atoms with van der Waals surface area (Å²) in [6.45, 7) is 6.90. The molecule has 2 bridgehead atoms. The number of esters is 1. The first-order chi connectivity index (χ1) is 9.36. The van der Waals surface area contributed by atoms with E-state index in [1.165, 1.54) is 6.42 Å². The molecule has 3 rings (SSSR count). The van der Waals surface area contributed by atoms with Gasteiger partial charge in [-0.15, -0.1) is 0 Å². The van der Waals surface area contributed by atoms with Gasteiger partial charge in [0.15, 0.2) is 0 Å². The number of hydrogen-bond donors (Lipinski definition) is 0. The van der Waals surface area contributed by atoms with Gasteiger partial charge in [0, 0.05) is 5.41 Å². The van der Waals surface area contributed by atoms with E-state index >= 15 is 0 Å². The van der Waals surface area contributed by atoms with Gasteiger partial charge in [-0.05, 0) is 42.7 Å². The number of fused-ring (bicyclic) bond motifs is 2. The summed E-state index contributed by atoms with van der Waals surface area (Å²) < 4.78 is 5.83. The summed E-state index contributed by atoms with van der Waals surface area (Å²) in [5, 5.41) is 0.463. The minimum absolute atomic E-state index is 0.0139. The topological polar surface area (TPSA) is 26.3 Å². The molecule has 2 fully saturated rings. The lowest BCUT2D eigenvalue weighted by Gasteiger charge is -2.38. The number of halogens is 1. The van der Waals surface area contributed by atoms with E-state index < -0.39 is 0 Å². The van der Waals surface area contributed by atoms with Crippen molar-refractivity contribution in [3.8, 4) is 0 Å². The highest BCUT2D eigenvalue weighted by Crippen LogP contribution is 2.66. The van der Waals surface area contributed by atoms with Crippen molar-refractivity contribution in [1.29, 1.82) is 0 Å². The summed E-state index contributed by atoms with van der Waals surface area (Å²) in [5.74, 6) is 0.377. The van der Waals surface area contributed by atoms with Crippen LogP contribution in [-0.4, -0.2) is 12.1 Å². The monoisotopic (exact) mass is 292 g/mol. The van der Waals surface area contributed by atoms with Crippen LogP contribution >= 0.6 is 11.6 Å². The predicted molar refractivity (Wildman–Crippen MR) is 79.9 cm³/mol. The van der Waals surface area contributed by atoms with Crippen LogP contribution in [0.25, 0.3) is 0 Å². The lowest BCUT2D eigenvalue weighted by Crippen LogP contribution is -2.38. The molecule has 1 aromatic carbocycles. The molecular formula is C17H21ClO2. The number of ether oxygens (including phenoxy) is 1. The van der Waals surface area contributed by atoms with Gasteiger partial charge in [-0.2, -0.15) is 0 Å². The lowest BCUT2D eigenvalue weighted by molar-refractivity contribution is -0.0242. The summed E-state index contributed by atoms with van der Waals surface area (Å²) in [5.41, 5.74) is 0.811. The molecule has 2 aliphatic rings. The Hall–Kier alpha value is -1.02. The van der Waals surface area contributed by atoms with E-state index in [-0.39, 0.29) is 22.9 Å². The third-order valence-electron chi connectivity index (χ3n) is 6.06. The summed E-state index contributed by atoms with van der Waals surface area (Å²) >= 11 is 6.07. The molecule has 0 aromatic heterocycles. The number of hydrogen-bond acceptors (Lipinski definition) is 2. The zero-order valence-corrected chi connectivity index (χ0v) is 13.0. The smallest absolute Gasteiger partial charge is 0.339 e. The van der Waals surface area contributed by atoms with Gasteiger partial charge < -0.3 is 4.74 Å². The van der Waals surface area contributed by atoms with Gasteiger partial charge in [0.25, 0.3) is 0 Å². The molecule has 0 unspecified atom stereocenters. The molecule has 2 saturated carbocycles. The highest BCUT2D eigenvalue weighted by molar-refractivity contribution is 6.33. The maximum atomic E-state index is 12.3. The van der Waals surface area contributed by atoms with Crippen molar-refractivity contribution in [1.82, 2.24) is 0 Å². The average molecular weight is 293 g/mol. The van der Waals surface area contributed by atoms with Gasteiger partial charge in [-0.3, -0.25) is 0 Å². The number of rotatable bonds is 2. The van der Waals surface area contributed by atoms with E-state index in [1.54, 1.807) is 12.1 Å². The van der Waals surface area contributed by atoms with Crippen molar-refractivity contribution in [3.63, 3.8) is 0 Å². The van der Waals surface area contributed by atoms with Crippen molar-refractivity contribution in [2.24, 2.45) is 16.7 Å². The van der Waals surface area contributed by atoms with E-state index in [0.717, 1.165) is 12.8 Å². The molecule has 2 aliphatic carbocycles. The molecule has 0 N–H and O–H groups in total. The second kappa shape index (κ2) is 4.49. The quantitative estimate of drug-likeness (QED) is 0.738. The molecule has 3 heteroatoms. The van der Waals surface area contributed by atoms with Gasteiger partial charge >= 0.3 is 5.97 Å². The highest BCUT2D eigenvalue weighted by atomic mass is 35.5. The standard InChI is InChI=1S/C17H21ClO2/c1-16(2)11-8-9-17(16,3)14(10-11)20-15(19)12-6-4-5-7-13(12)18/h4-7,11,14H,8-10H2,1-3H3/t11-,14+,17-/m1/s1. The first kappa shape index (κ1) is 13.9. The SMILES string of the molecule is CC1(C)[C@@H]2CC[C@]1(C)[C@@H](OC(=O)c1ccccc1Cl)C2. The minimum atomic E-state index is -0.287. The Kier molecular flexibility index (Phi) is 3.13. The fourth-order valence-electron chi connectivity index (χ4n) is 4.13. The lowest BCUT2D eigenvalue weighted by atomic mass is 9.70. The molecule has 0 heterocycles. The summed E-state index contributed by atoms with van der Waals surface area (Å²) in [4.78, 5) is 12.3. The molecular weight excluding hydrogens is 272 g/mol. The zero-order chi connectivity index (χ0) is 14.5. The molecule has 1 aromatic rings. The second-order valence-corrected chi connectivity index (χ2v) is 7.39. The highest BCUT2D eigenvalue weighted by Gasteiger charge is 2.62. The summed E-state index contributed by atoms with van der Waals surface area (Å²) in [6.07, 6.45) is 3.40. The van der Waals surface area contributed by atoms with Crippen LogP contribution in [0.5, 0.6) is 0 Å². The largest absolute Gasteiger partial charge is 0.458 e. The van der Waals surface area contributed by atoms with E-state index in [4.69, 9.17) is 16.3 Å². The normalized spacial score (nSPS) is 34.2.